The molecular formula is C40H47N3O5. The van der Waals surface area contributed by atoms with Gasteiger partial charge in [-0.05, 0) is 58.8 Å². The van der Waals surface area contributed by atoms with E-state index in [9.17, 15) is 9.90 Å². The molecule has 0 saturated carbocycles. The Bertz CT molecular complexity index is 1600. The van der Waals surface area contributed by atoms with E-state index in [1.54, 1.807) is 7.11 Å². The molecule has 252 valence electrons. The molecule has 48 heavy (non-hydrogen) atoms. The zero-order chi connectivity index (χ0) is 33.3. The van der Waals surface area contributed by atoms with Crippen LogP contribution in [0.15, 0.2) is 103 Å². The minimum Gasteiger partial charge on any atom is -0.392 e. The number of ether oxygens (including phenoxy) is 3. The van der Waals surface area contributed by atoms with Crippen molar-refractivity contribution >= 4 is 6.03 Å². The molecule has 2 aliphatic rings. The Morgan fingerprint density at radius 3 is 2.27 bits per heavy atom. The molecule has 5 atom stereocenters. The number of hydrogen-bond acceptors (Lipinski definition) is 6. The third-order valence-corrected chi connectivity index (χ3v) is 9.59. The highest BCUT2D eigenvalue weighted by Crippen LogP contribution is 2.42. The molecule has 4 aromatic carbocycles. The Morgan fingerprint density at radius 1 is 0.833 bits per heavy atom. The van der Waals surface area contributed by atoms with Gasteiger partial charge in [-0.25, -0.2) is 4.79 Å². The molecule has 2 heterocycles. The third-order valence-electron chi connectivity index (χ3n) is 9.59. The number of carbonyl (C=O) groups is 1. The number of nitrogens with one attached hydrogen (secondary N) is 2. The number of amides is 2. The first kappa shape index (κ1) is 33.8. The molecule has 0 aliphatic carbocycles. The summed E-state index contributed by atoms with van der Waals surface area (Å²) < 4.78 is 19.0. The first-order valence-electron chi connectivity index (χ1n) is 17.0. The molecule has 2 fully saturated rings. The van der Waals surface area contributed by atoms with E-state index >= 15 is 0 Å². The molecule has 8 heteroatoms. The summed E-state index contributed by atoms with van der Waals surface area (Å²) in [5, 5.41) is 15.5. The Morgan fingerprint density at radius 2 is 1.54 bits per heavy atom. The molecule has 5 unspecified atom stereocenters. The molecule has 3 N–H and O–H groups in total. The lowest BCUT2D eigenvalue weighted by molar-refractivity contribution is -0.276. The zero-order valence-corrected chi connectivity index (χ0v) is 27.9. The Kier molecular flexibility index (Phi) is 11.5. The van der Waals surface area contributed by atoms with Crippen LogP contribution in [0.4, 0.5) is 4.79 Å². The normalized spacial score (nSPS) is 22.8. The van der Waals surface area contributed by atoms with Crippen molar-refractivity contribution in [3.8, 4) is 11.1 Å². The molecule has 0 bridgehead atoms. The van der Waals surface area contributed by atoms with E-state index in [0.717, 1.165) is 65.1 Å². The number of hydrogen-bond donors (Lipinski definition) is 3. The minimum atomic E-state index is -0.517. The lowest BCUT2D eigenvalue weighted by Gasteiger charge is -2.43. The Hall–Kier alpha value is -4.05. The van der Waals surface area contributed by atoms with Gasteiger partial charge in [0.05, 0.1) is 25.4 Å². The van der Waals surface area contributed by atoms with Crippen LogP contribution in [0.3, 0.4) is 0 Å². The number of carbonyl (C=O) groups excluding carboxylic acids is 1. The molecule has 0 radical (unpaired) electrons. The van der Waals surface area contributed by atoms with Gasteiger partial charge in [-0.3, -0.25) is 4.90 Å². The smallest absolute Gasteiger partial charge is 0.315 e. The fourth-order valence-electron chi connectivity index (χ4n) is 6.79. The summed E-state index contributed by atoms with van der Waals surface area (Å²) in [6.07, 6.45) is 1.61. The van der Waals surface area contributed by atoms with Crippen LogP contribution in [0.2, 0.25) is 0 Å². The average Bonchev–Trinajstić information content (AvgIpc) is 3.57. The predicted molar refractivity (Wildman–Crippen MR) is 187 cm³/mol. The van der Waals surface area contributed by atoms with Gasteiger partial charge in [0.15, 0.2) is 6.29 Å². The number of likely N-dealkylation sites (tertiary alicyclic amines) is 1. The van der Waals surface area contributed by atoms with Gasteiger partial charge in [-0.2, -0.15) is 0 Å². The first-order chi connectivity index (χ1) is 23.5. The molecule has 2 saturated heterocycles. The van der Waals surface area contributed by atoms with E-state index in [0.29, 0.717) is 19.1 Å². The number of aliphatic hydroxyl groups excluding tert-OH is 1. The van der Waals surface area contributed by atoms with Crippen LogP contribution in [0.5, 0.6) is 0 Å². The first-order valence-corrected chi connectivity index (χ1v) is 17.0. The van der Waals surface area contributed by atoms with Crippen LogP contribution in [0.1, 0.15) is 60.0 Å². The Labute approximate surface area is 284 Å². The number of benzene rings is 4. The topological polar surface area (TPSA) is 92.3 Å². The van der Waals surface area contributed by atoms with Crippen molar-refractivity contribution in [2.24, 2.45) is 5.92 Å². The minimum absolute atomic E-state index is 0.0153. The van der Waals surface area contributed by atoms with Crippen molar-refractivity contribution in [1.29, 1.82) is 0 Å². The van der Waals surface area contributed by atoms with Gasteiger partial charge < -0.3 is 30.0 Å². The van der Waals surface area contributed by atoms with E-state index in [1.807, 2.05) is 54.6 Å². The predicted octanol–water partition coefficient (Wildman–Crippen LogP) is 6.75. The molecule has 8 nitrogen and oxygen atoms in total. The number of nitrogens with zero attached hydrogens (tertiary/aromatic N) is 1. The fraction of sp³-hybridized carbons (Fsp3) is 0.375. The molecule has 0 aromatic heterocycles. The van der Waals surface area contributed by atoms with Crippen LogP contribution in [0.25, 0.3) is 11.1 Å². The lowest BCUT2D eigenvalue weighted by Crippen LogP contribution is -2.46. The van der Waals surface area contributed by atoms with Crippen molar-refractivity contribution in [1.82, 2.24) is 15.5 Å². The van der Waals surface area contributed by atoms with Gasteiger partial charge in [0.2, 0.25) is 0 Å². The molecule has 0 spiro atoms. The number of aliphatic hydroxyl groups is 1. The second kappa shape index (κ2) is 16.4. The average molecular weight is 650 g/mol. The van der Waals surface area contributed by atoms with E-state index in [1.165, 1.54) is 6.42 Å². The summed E-state index contributed by atoms with van der Waals surface area (Å²) in [7, 11) is 1.77. The lowest BCUT2D eigenvalue weighted by atomic mass is 9.89. The van der Waals surface area contributed by atoms with Crippen molar-refractivity contribution in [3.05, 3.63) is 131 Å². The maximum Gasteiger partial charge on any atom is 0.315 e. The van der Waals surface area contributed by atoms with Gasteiger partial charge in [0.1, 0.15) is 0 Å². The maximum atomic E-state index is 12.4. The Balaban J connectivity index is 1.14. The largest absolute Gasteiger partial charge is 0.392 e. The van der Waals surface area contributed by atoms with Crippen LogP contribution in [0, 0.1) is 5.92 Å². The van der Waals surface area contributed by atoms with Crippen molar-refractivity contribution < 1.29 is 24.1 Å². The van der Waals surface area contributed by atoms with Crippen molar-refractivity contribution in [2.75, 3.05) is 26.8 Å². The zero-order valence-electron chi connectivity index (χ0n) is 27.9. The van der Waals surface area contributed by atoms with Crippen LogP contribution in [-0.4, -0.2) is 55.0 Å². The number of rotatable bonds is 12. The highest BCUT2D eigenvalue weighted by atomic mass is 16.7. The molecule has 4 aromatic rings. The standard InChI is InChI=1S/C40H47N3O5/c1-28-37(25-43-21-7-12-36(43)27-46-2)47-39(48-38(28)33-15-13-30(26-44)14-16-33)34-19-17-32(18-20-34)35-11-6-10-31(22-35)24-42-40(45)41-23-29-8-4-3-5-9-29/h3-6,8-11,13-20,22,28,36-39,44H,7,12,21,23-27H2,1-2H3,(H2,41,42,45). The van der Waals surface area contributed by atoms with E-state index in [4.69, 9.17) is 14.2 Å². The maximum absolute atomic E-state index is 12.4. The van der Waals surface area contributed by atoms with Crippen molar-refractivity contribution in [2.45, 2.75) is 64.0 Å². The summed E-state index contributed by atoms with van der Waals surface area (Å²) >= 11 is 0. The number of methoxy groups -OCH3 is 1. The van der Waals surface area contributed by atoms with E-state index in [2.05, 4.69) is 71.0 Å². The van der Waals surface area contributed by atoms with Gasteiger partial charge in [-0.1, -0.05) is 104 Å². The molecular weight excluding hydrogens is 602 g/mol. The van der Waals surface area contributed by atoms with Crippen LogP contribution in [-0.2, 0) is 33.9 Å². The van der Waals surface area contributed by atoms with Gasteiger partial charge in [0.25, 0.3) is 0 Å². The fourth-order valence-corrected chi connectivity index (χ4v) is 6.79. The highest BCUT2D eigenvalue weighted by Gasteiger charge is 2.40. The van der Waals surface area contributed by atoms with Crippen molar-refractivity contribution in [3.63, 3.8) is 0 Å². The van der Waals surface area contributed by atoms with Crippen LogP contribution >= 0.6 is 0 Å². The van der Waals surface area contributed by atoms with Gasteiger partial charge in [0, 0.05) is 44.3 Å². The van der Waals surface area contributed by atoms with Gasteiger partial charge in [-0.15, -0.1) is 0 Å². The SMILES string of the molecule is COCC1CCCN1CC1OC(c2ccc(-c3cccc(CNC(=O)NCc4ccccc4)c3)cc2)OC(c2ccc(CO)cc2)C1C. The second-order valence-electron chi connectivity index (χ2n) is 12.9. The molecule has 6 rings (SSSR count). The number of urea groups is 1. The summed E-state index contributed by atoms with van der Waals surface area (Å²) in [4.78, 5) is 14.9. The van der Waals surface area contributed by atoms with Crippen LogP contribution < -0.4 is 10.6 Å². The summed E-state index contributed by atoms with van der Waals surface area (Å²) in [5.41, 5.74) is 7.16. The van der Waals surface area contributed by atoms with E-state index in [-0.39, 0.29) is 30.8 Å². The monoisotopic (exact) mass is 649 g/mol. The highest BCUT2D eigenvalue weighted by molar-refractivity contribution is 5.74. The molecule has 2 aliphatic heterocycles. The summed E-state index contributed by atoms with van der Waals surface area (Å²) in [5.74, 6) is 0.126. The quantitative estimate of drug-likeness (QED) is 0.157. The van der Waals surface area contributed by atoms with Gasteiger partial charge >= 0.3 is 6.03 Å². The molecule has 2 amide bonds. The summed E-state index contributed by atoms with van der Waals surface area (Å²) in [6.45, 7) is 5.74. The third kappa shape index (κ3) is 8.50. The van der Waals surface area contributed by atoms with E-state index < -0.39 is 6.29 Å². The second-order valence-corrected chi connectivity index (χ2v) is 12.9. The summed E-state index contributed by atoms with van der Waals surface area (Å²) in [6, 6.07) is 34.7.